The number of carbonyl (C=O) groups is 2. The number of anilines is 1. The predicted molar refractivity (Wildman–Crippen MR) is 99.4 cm³/mol. The number of benzene rings is 2. The molecule has 0 saturated carbocycles. The summed E-state index contributed by atoms with van der Waals surface area (Å²) in [6, 6.07) is 14.8. The lowest BCUT2D eigenvalue weighted by Gasteiger charge is -2.39. The zero-order chi connectivity index (χ0) is 19.0. The lowest BCUT2D eigenvalue weighted by molar-refractivity contribution is -0.150. The van der Waals surface area contributed by atoms with Gasteiger partial charge in [-0.05, 0) is 48.7 Å². The van der Waals surface area contributed by atoms with Crippen molar-refractivity contribution in [3.63, 3.8) is 0 Å². The number of nitrogens with zero attached hydrogens (tertiary/aromatic N) is 3. The minimum absolute atomic E-state index is 0.137. The van der Waals surface area contributed by atoms with Crippen LogP contribution in [0.25, 0.3) is 0 Å². The van der Waals surface area contributed by atoms with Crippen molar-refractivity contribution in [2.45, 2.75) is 19.4 Å². The van der Waals surface area contributed by atoms with E-state index in [1.807, 2.05) is 25.1 Å². The lowest BCUT2D eigenvalue weighted by Crippen LogP contribution is -2.59. The van der Waals surface area contributed by atoms with Gasteiger partial charge in [0.05, 0.1) is 30.4 Å². The SMILES string of the molecule is Cc1cccc2c1N(C(=O)C(=O)N1CC(Oc3ccc(C#N)cc3)C1)CC2. The molecule has 0 atom stereocenters. The first-order chi connectivity index (χ1) is 13.1. The van der Waals surface area contributed by atoms with Gasteiger partial charge in [0, 0.05) is 6.54 Å². The Balaban J connectivity index is 1.35. The molecule has 2 amide bonds. The van der Waals surface area contributed by atoms with Crippen molar-refractivity contribution in [2.75, 3.05) is 24.5 Å². The van der Waals surface area contributed by atoms with Gasteiger partial charge in [0.25, 0.3) is 0 Å². The number of rotatable bonds is 2. The zero-order valence-electron chi connectivity index (χ0n) is 15.0. The molecule has 0 N–H and O–H groups in total. The number of likely N-dealkylation sites (tertiary alicyclic amines) is 1. The number of nitriles is 1. The summed E-state index contributed by atoms with van der Waals surface area (Å²) < 4.78 is 5.78. The van der Waals surface area contributed by atoms with Gasteiger partial charge < -0.3 is 14.5 Å². The average Bonchev–Trinajstić information content (AvgIpc) is 3.09. The Hall–Kier alpha value is -3.33. The highest BCUT2D eigenvalue weighted by Gasteiger charge is 2.39. The van der Waals surface area contributed by atoms with E-state index in [1.165, 1.54) is 4.90 Å². The van der Waals surface area contributed by atoms with Crippen LogP contribution in [0, 0.1) is 18.3 Å². The van der Waals surface area contributed by atoms with E-state index in [-0.39, 0.29) is 6.10 Å². The number of hydrogen-bond donors (Lipinski definition) is 0. The highest BCUT2D eigenvalue weighted by molar-refractivity contribution is 6.40. The van der Waals surface area contributed by atoms with Gasteiger partial charge >= 0.3 is 11.8 Å². The van der Waals surface area contributed by atoms with E-state index in [0.717, 1.165) is 23.2 Å². The molecule has 0 bridgehead atoms. The highest BCUT2D eigenvalue weighted by atomic mass is 16.5. The molecule has 1 fully saturated rings. The Labute approximate surface area is 157 Å². The average molecular weight is 361 g/mol. The summed E-state index contributed by atoms with van der Waals surface area (Å²) in [6.07, 6.45) is 0.641. The van der Waals surface area contributed by atoms with Gasteiger partial charge in [-0.25, -0.2) is 0 Å². The standard InChI is InChI=1S/C21H19N3O3/c1-14-3-2-4-16-9-10-24(19(14)16)21(26)20(25)23-12-18(13-23)27-17-7-5-15(11-22)6-8-17/h2-8,18H,9-10,12-13H2,1H3. The normalized spacial score (nSPS) is 15.7. The summed E-state index contributed by atoms with van der Waals surface area (Å²) in [6.45, 7) is 3.28. The summed E-state index contributed by atoms with van der Waals surface area (Å²) in [5, 5.41) is 8.81. The van der Waals surface area contributed by atoms with Gasteiger partial charge in [-0.15, -0.1) is 0 Å². The van der Waals surface area contributed by atoms with Crippen LogP contribution in [0.4, 0.5) is 5.69 Å². The molecule has 4 rings (SSSR count). The van der Waals surface area contributed by atoms with Gasteiger partial charge in [0.2, 0.25) is 0 Å². The van der Waals surface area contributed by atoms with E-state index >= 15 is 0 Å². The minimum atomic E-state index is -0.481. The lowest BCUT2D eigenvalue weighted by atomic mass is 10.1. The molecule has 2 aliphatic rings. The van der Waals surface area contributed by atoms with Crippen LogP contribution < -0.4 is 9.64 Å². The highest BCUT2D eigenvalue weighted by Crippen LogP contribution is 2.32. The van der Waals surface area contributed by atoms with E-state index in [9.17, 15) is 9.59 Å². The fourth-order valence-electron chi connectivity index (χ4n) is 3.58. The summed E-state index contributed by atoms with van der Waals surface area (Å²) in [5.74, 6) is -0.299. The van der Waals surface area contributed by atoms with Crippen LogP contribution in [0.5, 0.6) is 5.75 Å². The van der Waals surface area contributed by atoms with E-state index in [2.05, 4.69) is 6.07 Å². The molecule has 0 unspecified atom stereocenters. The second kappa shape index (κ2) is 6.76. The third-order valence-corrected chi connectivity index (χ3v) is 5.05. The third-order valence-electron chi connectivity index (χ3n) is 5.05. The molecule has 0 aromatic heterocycles. The van der Waals surface area contributed by atoms with Crippen LogP contribution in [0.15, 0.2) is 42.5 Å². The second-order valence-corrected chi connectivity index (χ2v) is 6.88. The van der Waals surface area contributed by atoms with Gasteiger partial charge in [-0.3, -0.25) is 9.59 Å². The van der Waals surface area contributed by atoms with Crippen LogP contribution in [0.1, 0.15) is 16.7 Å². The van der Waals surface area contributed by atoms with Crippen molar-refractivity contribution in [3.05, 3.63) is 59.2 Å². The maximum atomic E-state index is 12.7. The number of carbonyl (C=O) groups excluding carboxylic acids is 2. The number of fused-ring (bicyclic) bond motifs is 1. The van der Waals surface area contributed by atoms with E-state index in [1.54, 1.807) is 29.2 Å². The number of amides is 2. The molecule has 2 aliphatic heterocycles. The van der Waals surface area contributed by atoms with Gasteiger partial charge in [-0.2, -0.15) is 5.26 Å². The molecular weight excluding hydrogens is 342 g/mol. The van der Waals surface area contributed by atoms with Gasteiger partial charge in [-0.1, -0.05) is 18.2 Å². The predicted octanol–water partition coefficient (Wildman–Crippen LogP) is 2.05. The number of hydrogen-bond acceptors (Lipinski definition) is 4. The molecule has 2 heterocycles. The van der Waals surface area contributed by atoms with Crippen LogP contribution in [0.3, 0.4) is 0 Å². The molecule has 1 saturated heterocycles. The van der Waals surface area contributed by atoms with Crippen LogP contribution >= 0.6 is 0 Å². The van der Waals surface area contributed by atoms with Crippen molar-refractivity contribution < 1.29 is 14.3 Å². The molecule has 0 spiro atoms. The maximum Gasteiger partial charge on any atom is 0.316 e. The number of para-hydroxylation sites is 1. The Kier molecular flexibility index (Phi) is 4.28. The smallest absolute Gasteiger partial charge is 0.316 e. The van der Waals surface area contributed by atoms with Gasteiger partial charge in [0.1, 0.15) is 11.9 Å². The molecular formula is C21H19N3O3. The Morgan fingerprint density at radius 2 is 1.85 bits per heavy atom. The first-order valence-electron chi connectivity index (χ1n) is 8.93. The van der Waals surface area contributed by atoms with Crippen LogP contribution in [-0.4, -0.2) is 42.5 Å². The fraction of sp³-hybridized carbons (Fsp3) is 0.286. The van der Waals surface area contributed by atoms with E-state index in [4.69, 9.17) is 10.00 Å². The molecule has 0 aliphatic carbocycles. The summed E-state index contributed by atoms with van der Waals surface area (Å²) >= 11 is 0. The van der Waals surface area contributed by atoms with Crippen molar-refractivity contribution in [1.82, 2.24) is 4.90 Å². The Morgan fingerprint density at radius 3 is 2.56 bits per heavy atom. The Morgan fingerprint density at radius 1 is 1.11 bits per heavy atom. The topological polar surface area (TPSA) is 73.6 Å². The van der Waals surface area contributed by atoms with Crippen molar-refractivity contribution in [2.24, 2.45) is 0 Å². The zero-order valence-corrected chi connectivity index (χ0v) is 15.0. The van der Waals surface area contributed by atoms with Crippen molar-refractivity contribution >= 4 is 17.5 Å². The van der Waals surface area contributed by atoms with E-state index < -0.39 is 11.8 Å². The molecule has 2 aromatic rings. The number of ether oxygens (including phenoxy) is 1. The molecule has 0 radical (unpaired) electrons. The van der Waals surface area contributed by atoms with Crippen LogP contribution in [0.2, 0.25) is 0 Å². The summed E-state index contributed by atoms with van der Waals surface area (Å²) in [7, 11) is 0. The summed E-state index contributed by atoms with van der Waals surface area (Å²) in [4.78, 5) is 28.4. The molecule has 27 heavy (non-hydrogen) atoms. The fourth-order valence-corrected chi connectivity index (χ4v) is 3.58. The van der Waals surface area contributed by atoms with E-state index in [0.29, 0.717) is 30.9 Å². The van der Waals surface area contributed by atoms with Crippen molar-refractivity contribution in [1.29, 1.82) is 5.26 Å². The largest absolute Gasteiger partial charge is 0.487 e. The summed E-state index contributed by atoms with van der Waals surface area (Å²) in [5.41, 5.74) is 3.57. The molecule has 6 heteroatoms. The second-order valence-electron chi connectivity index (χ2n) is 6.88. The monoisotopic (exact) mass is 361 g/mol. The first-order valence-corrected chi connectivity index (χ1v) is 8.93. The van der Waals surface area contributed by atoms with Crippen LogP contribution in [-0.2, 0) is 16.0 Å². The maximum absolute atomic E-state index is 12.7. The number of aryl methyl sites for hydroxylation is 1. The Bertz CT molecular complexity index is 940. The molecule has 136 valence electrons. The van der Waals surface area contributed by atoms with Crippen molar-refractivity contribution in [3.8, 4) is 11.8 Å². The molecule has 2 aromatic carbocycles. The quantitative estimate of drug-likeness (QED) is 0.768. The van der Waals surface area contributed by atoms with Gasteiger partial charge in [0.15, 0.2) is 0 Å². The first kappa shape index (κ1) is 17.1. The third kappa shape index (κ3) is 3.13. The molecule has 6 nitrogen and oxygen atoms in total. The minimum Gasteiger partial charge on any atom is -0.487 e.